The average Bonchev–Trinajstić information content (AvgIpc) is 2.23. The first-order chi connectivity index (χ1) is 8.15. The van der Waals surface area contributed by atoms with Crippen LogP contribution < -0.4 is 5.32 Å². The lowest BCUT2D eigenvalue weighted by Gasteiger charge is -2.25. The van der Waals surface area contributed by atoms with Crippen LogP contribution in [-0.4, -0.2) is 48.0 Å². The summed E-state index contributed by atoms with van der Waals surface area (Å²) in [7, 11) is 1.67. The summed E-state index contributed by atoms with van der Waals surface area (Å²) in [6.45, 7) is 7.85. The van der Waals surface area contributed by atoms with Crippen LogP contribution in [-0.2, 0) is 9.53 Å². The number of nitrogens with one attached hydrogen (secondary N) is 1. The Kier molecular flexibility index (Phi) is 7.06. The number of alkyl halides is 1. The highest BCUT2D eigenvalue weighted by molar-refractivity contribution is 6.27. The average molecular weight is 279 g/mol. The number of carbonyl (C=O) groups excluding carboxylic acids is 2. The molecule has 0 aliphatic rings. The number of nitrogens with zero attached hydrogens (tertiary/aromatic N) is 1. The van der Waals surface area contributed by atoms with E-state index in [9.17, 15) is 9.59 Å². The van der Waals surface area contributed by atoms with E-state index in [-0.39, 0.29) is 23.9 Å². The predicted molar refractivity (Wildman–Crippen MR) is 71.8 cm³/mol. The summed E-state index contributed by atoms with van der Waals surface area (Å²) < 4.78 is 5.21. The highest BCUT2D eigenvalue weighted by atomic mass is 35.5. The van der Waals surface area contributed by atoms with E-state index in [0.29, 0.717) is 13.0 Å². The van der Waals surface area contributed by atoms with Crippen LogP contribution in [0.25, 0.3) is 0 Å². The molecule has 0 spiro atoms. The molecule has 0 rings (SSSR count). The highest BCUT2D eigenvalue weighted by Gasteiger charge is 2.19. The van der Waals surface area contributed by atoms with Gasteiger partial charge in [0.2, 0.25) is 5.91 Å². The molecule has 0 fully saturated rings. The maximum Gasteiger partial charge on any atom is 0.410 e. The number of ether oxygens (including phenoxy) is 1. The summed E-state index contributed by atoms with van der Waals surface area (Å²) in [5.41, 5.74) is -0.496. The van der Waals surface area contributed by atoms with Crippen molar-refractivity contribution >= 4 is 23.6 Å². The molecular weight excluding hydrogens is 256 g/mol. The number of halogens is 1. The Balaban J connectivity index is 3.99. The third kappa shape index (κ3) is 8.17. The number of rotatable bonds is 5. The molecule has 0 aromatic rings. The Labute approximate surface area is 114 Å². The van der Waals surface area contributed by atoms with Gasteiger partial charge in [0, 0.05) is 19.6 Å². The SMILES string of the molecule is CC(CCN(C)C(=O)OC(C)(C)C)NC(=O)CCl. The minimum absolute atomic E-state index is 0.0267. The fraction of sp³-hybridized carbons (Fsp3) is 0.833. The van der Waals surface area contributed by atoms with Gasteiger partial charge in [0.25, 0.3) is 0 Å². The first kappa shape index (κ1) is 17.0. The Bertz CT molecular complexity index is 290. The second-order valence-corrected chi connectivity index (χ2v) is 5.56. The number of hydrogen-bond donors (Lipinski definition) is 1. The van der Waals surface area contributed by atoms with Crippen LogP contribution in [0.3, 0.4) is 0 Å². The van der Waals surface area contributed by atoms with Crippen molar-refractivity contribution in [2.75, 3.05) is 19.5 Å². The van der Waals surface area contributed by atoms with Gasteiger partial charge in [-0.1, -0.05) is 0 Å². The molecule has 1 N–H and O–H groups in total. The van der Waals surface area contributed by atoms with E-state index >= 15 is 0 Å². The molecule has 0 bridgehead atoms. The normalized spacial score (nSPS) is 12.8. The predicted octanol–water partition coefficient (Wildman–Crippen LogP) is 1.99. The van der Waals surface area contributed by atoms with Crippen LogP contribution in [0.1, 0.15) is 34.1 Å². The fourth-order valence-corrected chi connectivity index (χ4v) is 1.28. The van der Waals surface area contributed by atoms with Crippen LogP contribution in [0.2, 0.25) is 0 Å². The first-order valence-corrected chi connectivity index (χ1v) is 6.48. The maximum atomic E-state index is 11.6. The zero-order valence-corrected chi connectivity index (χ0v) is 12.5. The van der Waals surface area contributed by atoms with Gasteiger partial charge in [-0.05, 0) is 34.1 Å². The van der Waals surface area contributed by atoms with Gasteiger partial charge in [0.15, 0.2) is 0 Å². The molecule has 0 aromatic carbocycles. The van der Waals surface area contributed by atoms with Crippen molar-refractivity contribution in [2.45, 2.75) is 45.8 Å². The number of hydrogen-bond acceptors (Lipinski definition) is 3. The standard InChI is InChI=1S/C12H23ClN2O3/c1-9(14-10(16)8-13)6-7-15(5)11(17)18-12(2,3)4/h9H,6-8H2,1-5H3,(H,14,16). The molecule has 2 amide bonds. The van der Waals surface area contributed by atoms with Gasteiger partial charge in [0.1, 0.15) is 11.5 Å². The van der Waals surface area contributed by atoms with Crippen LogP contribution in [0.15, 0.2) is 0 Å². The van der Waals surface area contributed by atoms with E-state index in [1.807, 2.05) is 27.7 Å². The second-order valence-electron chi connectivity index (χ2n) is 5.29. The van der Waals surface area contributed by atoms with Crippen LogP contribution >= 0.6 is 11.6 Å². The molecule has 1 atom stereocenters. The smallest absolute Gasteiger partial charge is 0.410 e. The van der Waals surface area contributed by atoms with E-state index in [1.54, 1.807) is 7.05 Å². The van der Waals surface area contributed by atoms with Gasteiger partial charge in [-0.15, -0.1) is 11.6 Å². The first-order valence-electron chi connectivity index (χ1n) is 5.95. The molecule has 0 saturated heterocycles. The molecule has 5 nitrogen and oxygen atoms in total. The van der Waals surface area contributed by atoms with Crippen molar-refractivity contribution in [2.24, 2.45) is 0 Å². The number of carbonyl (C=O) groups is 2. The zero-order chi connectivity index (χ0) is 14.3. The lowest BCUT2D eigenvalue weighted by atomic mass is 10.2. The summed E-state index contributed by atoms with van der Waals surface area (Å²) in [6, 6.07) is -0.0267. The Morgan fingerprint density at radius 3 is 2.39 bits per heavy atom. The Morgan fingerprint density at radius 1 is 1.39 bits per heavy atom. The molecule has 0 saturated carbocycles. The highest BCUT2D eigenvalue weighted by Crippen LogP contribution is 2.09. The maximum absolute atomic E-state index is 11.6. The van der Waals surface area contributed by atoms with Crippen LogP contribution in [0.4, 0.5) is 4.79 Å². The van der Waals surface area contributed by atoms with Crippen molar-refractivity contribution in [1.82, 2.24) is 10.2 Å². The summed E-state index contributed by atoms with van der Waals surface area (Å²) in [5, 5.41) is 2.72. The molecule has 6 heteroatoms. The molecule has 0 aromatic heterocycles. The van der Waals surface area contributed by atoms with Crippen molar-refractivity contribution < 1.29 is 14.3 Å². The van der Waals surface area contributed by atoms with Crippen LogP contribution in [0, 0.1) is 0 Å². The van der Waals surface area contributed by atoms with Gasteiger partial charge in [0.05, 0.1) is 0 Å². The van der Waals surface area contributed by atoms with Crippen molar-refractivity contribution in [1.29, 1.82) is 0 Å². The molecule has 0 aliphatic heterocycles. The molecule has 1 unspecified atom stereocenters. The minimum Gasteiger partial charge on any atom is -0.444 e. The topological polar surface area (TPSA) is 58.6 Å². The van der Waals surface area contributed by atoms with Gasteiger partial charge < -0.3 is 15.0 Å². The molecule has 106 valence electrons. The van der Waals surface area contributed by atoms with Gasteiger partial charge in [-0.25, -0.2) is 4.79 Å². The monoisotopic (exact) mass is 278 g/mol. The molecule has 0 radical (unpaired) electrons. The van der Waals surface area contributed by atoms with Gasteiger partial charge in [-0.2, -0.15) is 0 Å². The summed E-state index contributed by atoms with van der Waals surface area (Å²) in [5.74, 6) is -0.254. The Morgan fingerprint density at radius 2 is 1.94 bits per heavy atom. The largest absolute Gasteiger partial charge is 0.444 e. The minimum atomic E-state index is -0.496. The lowest BCUT2D eigenvalue weighted by Crippen LogP contribution is -2.39. The van der Waals surface area contributed by atoms with Gasteiger partial charge >= 0.3 is 6.09 Å². The third-order valence-electron chi connectivity index (χ3n) is 2.13. The van der Waals surface area contributed by atoms with E-state index in [2.05, 4.69) is 5.32 Å². The van der Waals surface area contributed by atoms with E-state index in [1.165, 1.54) is 4.90 Å². The van der Waals surface area contributed by atoms with Crippen LogP contribution in [0.5, 0.6) is 0 Å². The summed E-state index contributed by atoms with van der Waals surface area (Å²) in [4.78, 5) is 24.2. The molecule has 18 heavy (non-hydrogen) atoms. The summed E-state index contributed by atoms with van der Waals surface area (Å²) in [6.07, 6.45) is 0.289. The molecule has 0 aliphatic carbocycles. The lowest BCUT2D eigenvalue weighted by molar-refractivity contribution is -0.119. The quantitative estimate of drug-likeness (QED) is 0.783. The van der Waals surface area contributed by atoms with Crippen molar-refractivity contribution in [3.63, 3.8) is 0 Å². The van der Waals surface area contributed by atoms with E-state index < -0.39 is 5.60 Å². The van der Waals surface area contributed by atoms with Gasteiger partial charge in [-0.3, -0.25) is 4.79 Å². The van der Waals surface area contributed by atoms with E-state index in [0.717, 1.165) is 0 Å². The van der Waals surface area contributed by atoms with E-state index in [4.69, 9.17) is 16.3 Å². The zero-order valence-electron chi connectivity index (χ0n) is 11.7. The third-order valence-corrected chi connectivity index (χ3v) is 2.37. The molecule has 0 heterocycles. The Hall–Kier alpha value is -0.970. The fourth-order valence-electron chi connectivity index (χ4n) is 1.20. The van der Waals surface area contributed by atoms with Crippen molar-refractivity contribution in [3.05, 3.63) is 0 Å². The van der Waals surface area contributed by atoms with Crippen molar-refractivity contribution in [3.8, 4) is 0 Å². The number of amides is 2. The summed E-state index contributed by atoms with van der Waals surface area (Å²) >= 11 is 5.39. The molecular formula is C12H23ClN2O3. The second kappa shape index (κ2) is 7.46.